The van der Waals surface area contributed by atoms with Crippen molar-refractivity contribution in [1.29, 1.82) is 0 Å². The van der Waals surface area contributed by atoms with Gasteiger partial charge < -0.3 is 9.84 Å². The second kappa shape index (κ2) is 5.60. The molecular formula is C9H17NO5S. The Morgan fingerprint density at radius 2 is 2.00 bits per heavy atom. The Hall–Kier alpha value is -0.660. The summed E-state index contributed by atoms with van der Waals surface area (Å²) in [6.07, 6.45) is 1.44. The van der Waals surface area contributed by atoms with Crippen molar-refractivity contribution in [2.75, 3.05) is 32.6 Å². The first kappa shape index (κ1) is 13.4. The van der Waals surface area contributed by atoms with Crippen molar-refractivity contribution in [1.82, 2.24) is 4.31 Å². The number of carboxylic acids is 1. The van der Waals surface area contributed by atoms with E-state index < -0.39 is 22.5 Å². The predicted octanol–water partition coefficient (Wildman–Crippen LogP) is -0.241. The van der Waals surface area contributed by atoms with Crippen LogP contribution >= 0.6 is 0 Å². The van der Waals surface area contributed by atoms with E-state index in [1.54, 1.807) is 0 Å². The van der Waals surface area contributed by atoms with E-state index >= 15 is 0 Å². The molecule has 1 heterocycles. The largest absolute Gasteiger partial charge is 0.480 e. The highest BCUT2D eigenvalue weighted by molar-refractivity contribution is 7.89. The lowest BCUT2D eigenvalue weighted by Crippen LogP contribution is -2.36. The number of ether oxygens (including phenoxy) is 1. The number of carboxylic acid groups (broad SMARTS) is 1. The Morgan fingerprint density at radius 1 is 1.44 bits per heavy atom. The van der Waals surface area contributed by atoms with E-state index in [4.69, 9.17) is 9.84 Å². The summed E-state index contributed by atoms with van der Waals surface area (Å²) in [6, 6.07) is 0. The Labute approximate surface area is 95.2 Å². The zero-order chi connectivity index (χ0) is 12.2. The third-order valence-corrected chi connectivity index (χ3v) is 4.59. The van der Waals surface area contributed by atoms with Gasteiger partial charge in [-0.2, -0.15) is 4.31 Å². The van der Waals surface area contributed by atoms with Crippen LogP contribution in [0.5, 0.6) is 0 Å². The molecule has 0 aromatic heterocycles. The average molecular weight is 251 g/mol. The Kier molecular flexibility index (Phi) is 4.69. The third-order valence-electron chi connectivity index (χ3n) is 2.62. The predicted molar refractivity (Wildman–Crippen MR) is 57.6 cm³/mol. The summed E-state index contributed by atoms with van der Waals surface area (Å²) >= 11 is 0. The van der Waals surface area contributed by atoms with E-state index in [1.165, 1.54) is 7.05 Å². The molecule has 0 aliphatic carbocycles. The summed E-state index contributed by atoms with van der Waals surface area (Å²) < 4.78 is 29.5. The first-order chi connectivity index (χ1) is 7.42. The van der Waals surface area contributed by atoms with Crippen LogP contribution in [0.15, 0.2) is 0 Å². The fraction of sp³-hybridized carbons (Fsp3) is 0.889. The second-order valence-electron chi connectivity index (χ2n) is 3.98. The SMILES string of the molecule is CN(CC(=O)O)S(=O)(=O)CC1CCOCC1. The minimum atomic E-state index is -3.46. The lowest BCUT2D eigenvalue weighted by molar-refractivity contribution is -0.137. The molecular weight excluding hydrogens is 234 g/mol. The van der Waals surface area contributed by atoms with E-state index in [-0.39, 0.29) is 11.7 Å². The van der Waals surface area contributed by atoms with Gasteiger partial charge in [0.05, 0.1) is 5.75 Å². The van der Waals surface area contributed by atoms with E-state index in [2.05, 4.69) is 0 Å². The quantitative estimate of drug-likeness (QED) is 0.729. The highest BCUT2D eigenvalue weighted by Crippen LogP contribution is 2.17. The van der Waals surface area contributed by atoms with Crippen LogP contribution in [0.25, 0.3) is 0 Å². The van der Waals surface area contributed by atoms with Crippen LogP contribution in [0.1, 0.15) is 12.8 Å². The van der Waals surface area contributed by atoms with Crippen LogP contribution in [0, 0.1) is 5.92 Å². The Balaban J connectivity index is 2.52. The summed E-state index contributed by atoms with van der Waals surface area (Å²) in [5.41, 5.74) is 0. The van der Waals surface area contributed by atoms with Crippen molar-refractivity contribution in [3.05, 3.63) is 0 Å². The van der Waals surface area contributed by atoms with Crippen molar-refractivity contribution >= 4 is 16.0 Å². The molecule has 1 rings (SSSR count). The van der Waals surface area contributed by atoms with E-state index in [0.717, 1.165) is 17.1 Å². The van der Waals surface area contributed by atoms with Crippen molar-refractivity contribution < 1.29 is 23.1 Å². The van der Waals surface area contributed by atoms with Gasteiger partial charge in [0.2, 0.25) is 10.0 Å². The first-order valence-corrected chi connectivity index (χ1v) is 6.76. The van der Waals surface area contributed by atoms with Crippen LogP contribution in [-0.4, -0.2) is 56.4 Å². The van der Waals surface area contributed by atoms with Crippen LogP contribution < -0.4 is 0 Å². The van der Waals surface area contributed by atoms with Gasteiger partial charge in [0.15, 0.2) is 0 Å². The fourth-order valence-electron chi connectivity index (χ4n) is 1.63. The smallest absolute Gasteiger partial charge is 0.318 e. The lowest BCUT2D eigenvalue weighted by atomic mass is 10.0. The molecule has 1 fully saturated rings. The van der Waals surface area contributed by atoms with Crippen molar-refractivity contribution in [3.63, 3.8) is 0 Å². The molecule has 1 aliphatic heterocycles. The summed E-state index contributed by atoms with van der Waals surface area (Å²) in [4.78, 5) is 10.4. The molecule has 1 N–H and O–H groups in total. The number of aliphatic carboxylic acids is 1. The van der Waals surface area contributed by atoms with Gasteiger partial charge >= 0.3 is 5.97 Å². The van der Waals surface area contributed by atoms with E-state index in [9.17, 15) is 13.2 Å². The maximum Gasteiger partial charge on any atom is 0.318 e. The van der Waals surface area contributed by atoms with Gasteiger partial charge in [-0.3, -0.25) is 4.79 Å². The molecule has 16 heavy (non-hydrogen) atoms. The zero-order valence-corrected chi connectivity index (χ0v) is 10.1. The minimum absolute atomic E-state index is 0.0140. The fourth-order valence-corrected chi connectivity index (χ4v) is 3.12. The monoisotopic (exact) mass is 251 g/mol. The molecule has 0 aromatic rings. The number of sulfonamides is 1. The molecule has 0 saturated carbocycles. The molecule has 1 aliphatic rings. The number of nitrogens with zero attached hydrogens (tertiary/aromatic N) is 1. The van der Waals surface area contributed by atoms with Gasteiger partial charge in [-0.25, -0.2) is 8.42 Å². The molecule has 0 unspecified atom stereocenters. The van der Waals surface area contributed by atoms with E-state index in [1.807, 2.05) is 0 Å². The number of likely N-dealkylation sites (N-methyl/N-ethyl adjacent to an activating group) is 1. The van der Waals surface area contributed by atoms with E-state index in [0.29, 0.717) is 13.2 Å². The molecule has 0 spiro atoms. The lowest BCUT2D eigenvalue weighted by Gasteiger charge is -2.24. The topological polar surface area (TPSA) is 83.9 Å². The Morgan fingerprint density at radius 3 is 2.50 bits per heavy atom. The van der Waals surface area contributed by atoms with Gasteiger partial charge in [-0.1, -0.05) is 0 Å². The van der Waals surface area contributed by atoms with Gasteiger partial charge in [-0.05, 0) is 18.8 Å². The number of hydrogen-bond donors (Lipinski definition) is 1. The average Bonchev–Trinajstić information content (AvgIpc) is 2.17. The highest BCUT2D eigenvalue weighted by atomic mass is 32.2. The molecule has 1 saturated heterocycles. The van der Waals surface area contributed by atoms with Gasteiger partial charge in [0, 0.05) is 20.3 Å². The van der Waals surface area contributed by atoms with Crippen molar-refractivity contribution in [2.24, 2.45) is 5.92 Å². The summed E-state index contributed by atoms with van der Waals surface area (Å²) in [7, 11) is -2.16. The third kappa shape index (κ3) is 4.07. The number of carbonyl (C=O) groups is 1. The first-order valence-electron chi connectivity index (χ1n) is 5.15. The van der Waals surface area contributed by atoms with Crippen molar-refractivity contribution in [2.45, 2.75) is 12.8 Å². The van der Waals surface area contributed by atoms with Crippen LogP contribution in [-0.2, 0) is 19.6 Å². The summed E-state index contributed by atoms with van der Waals surface area (Å²) in [5.74, 6) is -1.05. The highest BCUT2D eigenvalue weighted by Gasteiger charge is 2.26. The van der Waals surface area contributed by atoms with Crippen LogP contribution in [0.4, 0.5) is 0 Å². The number of hydrogen-bond acceptors (Lipinski definition) is 4. The molecule has 0 radical (unpaired) electrons. The molecule has 0 aromatic carbocycles. The molecule has 94 valence electrons. The van der Waals surface area contributed by atoms with Gasteiger partial charge in [0.25, 0.3) is 0 Å². The molecule has 0 amide bonds. The summed E-state index contributed by atoms with van der Waals surface area (Å²) in [5, 5.41) is 8.53. The molecule has 7 heteroatoms. The standard InChI is InChI=1S/C9H17NO5S/c1-10(6-9(11)12)16(13,14)7-8-2-4-15-5-3-8/h8H,2-7H2,1H3,(H,11,12). The molecule has 0 bridgehead atoms. The van der Waals surface area contributed by atoms with Crippen LogP contribution in [0.3, 0.4) is 0 Å². The van der Waals surface area contributed by atoms with Crippen molar-refractivity contribution in [3.8, 4) is 0 Å². The maximum atomic E-state index is 11.8. The zero-order valence-electron chi connectivity index (χ0n) is 9.26. The van der Waals surface area contributed by atoms with Gasteiger partial charge in [0.1, 0.15) is 6.54 Å². The van der Waals surface area contributed by atoms with Gasteiger partial charge in [-0.15, -0.1) is 0 Å². The summed E-state index contributed by atoms with van der Waals surface area (Å²) in [6.45, 7) is 0.692. The minimum Gasteiger partial charge on any atom is -0.480 e. The molecule has 6 nitrogen and oxygen atoms in total. The van der Waals surface area contributed by atoms with Crippen LogP contribution in [0.2, 0.25) is 0 Å². The maximum absolute atomic E-state index is 11.8. The Bertz CT molecular complexity index is 334. The number of rotatable bonds is 5. The second-order valence-corrected chi connectivity index (χ2v) is 6.10. The normalized spacial score (nSPS) is 18.9. The molecule has 0 atom stereocenters.